The fraction of sp³-hybridized carbons (Fsp3) is 0.133. The summed E-state index contributed by atoms with van der Waals surface area (Å²) >= 11 is 5.84. The van der Waals surface area contributed by atoms with Crippen molar-refractivity contribution in [3.63, 3.8) is 0 Å². The molecule has 1 atom stereocenters. The fourth-order valence-corrected chi connectivity index (χ4v) is 2.07. The largest absolute Gasteiger partial charge is 0.373 e. The Hall–Kier alpha value is -2.58. The van der Waals surface area contributed by atoms with Crippen molar-refractivity contribution in [1.82, 2.24) is 0 Å². The van der Waals surface area contributed by atoms with Gasteiger partial charge in [-0.2, -0.15) is 5.26 Å². The SMILES string of the molecule is CC(Nc1ccc(C#N)cc1[N+](=O)[O-])c1ccc(Cl)cc1. The first-order valence-electron chi connectivity index (χ1n) is 6.22. The minimum Gasteiger partial charge on any atom is -0.373 e. The zero-order valence-electron chi connectivity index (χ0n) is 11.2. The van der Waals surface area contributed by atoms with Crippen molar-refractivity contribution in [2.45, 2.75) is 13.0 Å². The van der Waals surface area contributed by atoms with Crippen molar-refractivity contribution in [3.05, 3.63) is 68.7 Å². The molecule has 2 aromatic carbocycles. The fourth-order valence-electron chi connectivity index (χ4n) is 1.94. The van der Waals surface area contributed by atoms with E-state index in [9.17, 15) is 10.1 Å². The first-order valence-corrected chi connectivity index (χ1v) is 6.59. The lowest BCUT2D eigenvalue weighted by Gasteiger charge is -2.16. The van der Waals surface area contributed by atoms with E-state index in [0.717, 1.165) is 5.56 Å². The van der Waals surface area contributed by atoms with Crippen LogP contribution in [0.1, 0.15) is 24.1 Å². The van der Waals surface area contributed by atoms with E-state index in [1.165, 1.54) is 6.07 Å². The molecular weight excluding hydrogens is 290 g/mol. The molecule has 0 bridgehead atoms. The third kappa shape index (κ3) is 3.50. The van der Waals surface area contributed by atoms with Gasteiger partial charge in [0.1, 0.15) is 5.69 Å². The van der Waals surface area contributed by atoms with Crippen LogP contribution in [0.15, 0.2) is 42.5 Å². The van der Waals surface area contributed by atoms with Gasteiger partial charge in [0.05, 0.1) is 16.6 Å². The second kappa shape index (κ2) is 6.25. The maximum atomic E-state index is 11.1. The molecule has 1 N–H and O–H groups in total. The van der Waals surface area contributed by atoms with E-state index >= 15 is 0 Å². The third-order valence-corrected chi connectivity index (χ3v) is 3.32. The van der Waals surface area contributed by atoms with Crippen molar-refractivity contribution >= 4 is 23.0 Å². The van der Waals surface area contributed by atoms with Crippen molar-refractivity contribution in [1.29, 1.82) is 5.26 Å². The predicted octanol–water partition coefficient (Wildman–Crippen LogP) is 4.29. The van der Waals surface area contributed by atoms with Gasteiger partial charge in [0.2, 0.25) is 0 Å². The molecule has 2 rings (SSSR count). The highest BCUT2D eigenvalue weighted by Crippen LogP contribution is 2.29. The molecule has 6 heteroatoms. The Balaban J connectivity index is 2.28. The number of nitriles is 1. The van der Waals surface area contributed by atoms with E-state index in [1.54, 1.807) is 24.3 Å². The number of hydrogen-bond acceptors (Lipinski definition) is 4. The first kappa shape index (κ1) is 14.8. The molecule has 106 valence electrons. The zero-order valence-corrected chi connectivity index (χ0v) is 12.0. The molecule has 0 heterocycles. The standard InChI is InChI=1S/C15H12ClN3O2/c1-10(12-3-5-13(16)6-4-12)18-14-7-2-11(9-17)8-15(14)19(20)21/h2-8,10,18H,1H3. The van der Waals surface area contributed by atoms with Gasteiger partial charge in [0.15, 0.2) is 0 Å². The summed E-state index contributed by atoms with van der Waals surface area (Å²) in [5.74, 6) is 0. The molecule has 0 saturated carbocycles. The number of nitro groups is 1. The number of nitrogens with one attached hydrogen (secondary N) is 1. The van der Waals surface area contributed by atoms with Crippen molar-refractivity contribution in [3.8, 4) is 6.07 Å². The Kier molecular flexibility index (Phi) is 4.41. The molecule has 0 amide bonds. The maximum Gasteiger partial charge on any atom is 0.293 e. The minimum absolute atomic E-state index is 0.116. The summed E-state index contributed by atoms with van der Waals surface area (Å²) in [4.78, 5) is 10.6. The average molecular weight is 302 g/mol. The molecule has 0 radical (unpaired) electrons. The third-order valence-electron chi connectivity index (χ3n) is 3.07. The van der Waals surface area contributed by atoms with Crippen LogP contribution in [-0.2, 0) is 0 Å². The van der Waals surface area contributed by atoms with Gasteiger partial charge < -0.3 is 5.32 Å². The van der Waals surface area contributed by atoms with Crippen LogP contribution in [0.2, 0.25) is 5.02 Å². The van der Waals surface area contributed by atoms with Crippen LogP contribution < -0.4 is 5.32 Å². The van der Waals surface area contributed by atoms with E-state index in [0.29, 0.717) is 10.7 Å². The summed E-state index contributed by atoms with van der Waals surface area (Å²) in [7, 11) is 0. The molecule has 21 heavy (non-hydrogen) atoms. The molecule has 0 aliphatic carbocycles. The van der Waals surface area contributed by atoms with Gasteiger partial charge >= 0.3 is 0 Å². The Morgan fingerprint density at radius 1 is 1.29 bits per heavy atom. The Labute approximate surface area is 126 Å². The minimum atomic E-state index is -0.502. The molecule has 5 nitrogen and oxygen atoms in total. The number of rotatable bonds is 4. The van der Waals surface area contributed by atoms with Crippen LogP contribution in [0, 0.1) is 21.4 Å². The van der Waals surface area contributed by atoms with Crippen molar-refractivity contribution in [2.24, 2.45) is 0 Å². The van der Waals surface area contributed by atoms with Crippen molar-refractivity contribution in [2.75, 3.05) is 5.32 Å². The van der Waals surface area contributed by atoms with Crippen LogP contribution in [-0.4, -0.2) is 4.92 Å². The Morgan fingerprint density at radius 3 is 2.52 bits per heavy atom. The number of halogens is 1. The normalized spacial score (nSPS) is 11.5. The van der Waals surface area contributed by atoms with Crippen LogP contribution in [0.3, 0.4) is 0 Å². The summed E-state index contributed by atoms with van der Waals surface area (Å²) in [6, 6.07) is 13.4. The average Bonchev–Trinajstić information content (AvgIpc) is 2.48. The molecule has 0 fully saturated rings. The van der Waals surface area contributed by atoms with E-state index < -0.39 is 4.92 Å². The second-order valence-corrected chi connectivity index (χ2v) is 4.95. The van der Waals surface area contributed by atoms with Gasteiger partial charge in [-0.25, -0.2) is 0 Å². The highest BCUT2D eigenvalue weighted by Gasteiger charge is 2.17. The first-order chi connectivity index (χ1) is 10.0. The number of anilines is 1. The number of nitrogens with zero attached hydrogens (tertiary/aromatic N) is 2. The number of hydrogen-bond donors (Lipinski definition) is 1. The van der Waals surface area contributed by atoms with Gasteiger partial charge in [0.25, 0.3) is 5.69 Å². The molecule has 1 unspecified atom stereocenters. The highest BCUT2D eigenvalue weighted by molar-refractivity contribution is 6.30. The van der Waals surface area contributed by atoms with Gasteiger partial charge in [-0.1, -0.05) is 23.7 Å². The Bertz CT molecular complexity index is 708. The van der Waals surface area contributed by atoms with E-state index in [-0.39, 0.29) is 17.3 Å². The van der Waals surface area contributed by atoms with E-state index in [4.69, 9.17) is 16.9 Å². The molecule has 0 aliphatic rings. The monoisotopic (exact) mass is 301 g/mol. The summed E-state index contributed by atoms with van der Waals surface area (Å²) < 4.78 is 0. The van der Waals surface area contributed by atoms with Gasteiger partial charge in [-0.3, -0.25) is 10.1 Å². The van der Waals surface area contributed by atoms with E-state index in [2.05, 4.69) is 5.32 Å². The zero-order chi connectivity index (χ0) is 15.4. The van der Waals surface area contributed by atoms with Crippen LogP contribution >= 0.6 is 11.6 Å². The van der Waals surface area contributed by atoms with Gasteiger partial charge in [-0.05, 0) is 36.8 Å². The number of benzene rings is 2. The lowest BCUT2D eigenvalue weighted by molar-refractivity contribution is -0.384. The molecular formula is C15H12ClN3O2. The molecule has 2 aromatic rings. The lowest BCUT2D eigenvalue weighted by atomic mass is 10.1. The smallest absolute Gasteiger partial charge is 0.293 e. The van der Waals surface area contributed by atoms with Gasteiger partial charge in [-0.15, -0.1) is 0 Å². The molecule has 0 aliphatic heterocycles. The quantitative estimate of drug-likeness (QED) is 0.674. The lowest BCUT2D eigenvalue weighted by Crippen LogP contribution is -2.08. The second-order valence-electron chi connectivity index (χ2n) is 4.52. The summed E-state index contributed by atoms with van der Waals surface area (Å²) in [5, 5.41) is 23.6. The predicted molar refractivity (Wildman–Crippen MR) is 81.3 cm³/mol. The molecule has 0 saturated heterocycles. The summed E-state index contributed by atoms with van der Waals surface area (Å²) in [5.41, 5.74) is 1.47. The van der Waals surface area contributed by atoms with Crippen LogP contribution in [0.5, 0.6) is 0 Å². The highest BCUT2D eigenvalue weighted by atomic mass is 35.5. The van der Waals surface area contributed by atoms with E-state index in [1.807, 2.05) is 25.1 Å². The summed E-state index contributed by atoms with van der Waals surface area (Å²) in [6.07, 6.45) is 0. The summed E-state index contributed by atoms with van der Waals surface area (Å²) in [6.45, 7) is 1.89. The van der Waals surface area contributed by atoms with Crippen LogP contribution in [0.4, 0.5) is 11.4 Å². The number of nitro benzene ring substituents is 1. The Morgan fingerprint density at radius 2 is 1.95 bits per heavy atom. The maximum absolute atomic E-state index is 11.1. The van der Waals surface area contributed by atoms with Gasteiger partial charge in [0, 0.05) is 17.1 Å². The topological polar surface area (TPSA) is 79.0 Å². The van der Waals surface area contributed by atoms with Crippen LogP contribution in [0.25, 0.3) is 0 Å². The molecule has 0 aromatic heterocycles. The van der Waals surface area contributed by atoms with Crippen molar-refractivity contribution < 1.29 is 4.92 Å². The molecule has 0 spiro atoms.